The van der Waals surface area contributed by atoms with Crippen LogP contribution in [0.25, 0.3) is 0 Å². The van der Waals surface area contributed by atoms with E-state index in [2.05, 4.69) is 5.32 Å². The SMILES string of the molecule is NC1C2CCC(C2)C1C(=O)NCc1cccc(CO)c1. The van der Waals surface area contributed by atoms with Crippen molar-refractivity contribution < 1.29 is 9.90 Å². The minimum absolute atomic E-state index is 0.00484. The number of carbonyl (C=O) groups is 1. The molecule has 2 aliphatic carbocycles. The van der Waals surface area contributed by atoms with Crippen LogP contribution in [0.4, 0.5) is 0 Å². The first-order valence-electron chi connectivity index (χ1n) is 7.41. The number of nitrogens with two attached hydrogens (primary N) is 1. The normalized spacial score (nSPS) is 31.5. The number of carbonyl (C=O) groups excluding carboxylic acids is 1. The molecule has 2 bridgehead atoms. The molecular weight excluding hydrogens is 252 g/mol. The Bertz CT molecular complexity index is 501. The van der Waals surface area contributed by atoms with Crippen molar-refractivity contribution in [2.24, 2.45) is 23.5 Å². The highest BCUT2D eigenvalue weighted by Gasteiger charge is 2.48. The summed E-state index contributed by atoms with van der Waals surface area (Å²) in [6.45, 7) is 0.534. The molecule has 0 aromatic heterocycles. The van der Waals surface area contributed by atoms with Crippen molar-refractivity contribution in [3.63, 3.8) is 0 Å². The Morgan fingerprint density at radius 3 is 2.75 bits per heavy atom. The fourth-order valence-electron chi connectivity index (χ4n) is 3.87. The van der Waals surface area contributed by atoms with Crippen LogP contribution in [0.1, 0.15) is 30.4 Å². The van der Waals surface area contributed by atoms with Crippen LogP contribution < -0.4 is 11.1 Å². The molecular formula is C16H22N2O2. The molecule has 4 N–H and O–H groups in total. The Kier molecular flexibility index (Phi) is 3.76. The number of nitrogens with one attached hydrogen (secondary N) is 1. The molecule has 2 saturated carbocycles. The Hall–Kier alpha value is -1.39. The summed E-state index contributed by atoms with van der Waals surface area (Å²) in [6, 6.07) is 7.69. The number of fused-ring (bicyclic) bond motifs is 2. The summed E-state index contributed by atoms with van der Waals surface area (Å²) < 4.78 is 0. The number of amides is 1. The minimum atomic E-state index is -0.00484. The molecule has 108 valence electrons. The lowest BCUT2D eigenvalue weighted by Crippen LogP contribution is -2.45. The summed E-state index contributed by atoms with van der Waals surface area (Å²) in [6.07, 6.45) is 3.46. The van der Waals surface area contributed by atoms with E-state index in [1.165, 1.54) is 6.42 Å². The second-order valence-electron chi connectivity index (χ2n) is 6.13. The standard InChI is InChI=1S/C16H22N2O2/c17-15-13-5-4-12(7-13)14(15)16(20)18-8-10-2-1-3-11(6-10)9-19/h1-3,6,12-15,19H,4-5,7-9,17H2,(H,18,20). The number of aliphatic hydroxyl groups excluding tert-OH is 1. The lowest BCUT2D eigenvalue weighted by Gasteiger charge is -2.27. The quantitative estimate of drug-likeness (QED) is 0.771. The molecule has 1 aromatic carbocycles. The van der Waals surface area contributed by atoms with Gasteiger partial charge in [-0.15, -0.1) is 0 Å². The summed E-state index contributed by atoms with van der Waals surface area (Å²) >= 11 is 0. The van der Waals surface area contributed by atoms with Crippen LogP contribution in [0.2, 0.25) is 0 Å². The van der Waals surface area contributed by atoms with Crippen molar-refractivity contribution in [1.82, 2.24) is 5.32 Å². The van der Waals surface area contributed by atoms with Gasteiger partial charge in [-0.25, -0.2) is 0 Å². The van der Waals surface area contributed by atoms with Gasteiger partial charge in [-0.1, -0.05) is 24.3 Å². The average Bonchev–Trinajstić information content (AvgIpc) is 3.06. The van der Waals surface area contributed by atoms with Crippen molar-refractivity contribution in [3.8, 4) is 0 Å². The fourth-order valence-corrected chi connectivity index (χ4v) is 3.87. The third-order valence-electron chi connectivity index (χ3n) is 4.92. The van der Waals surface area contributed by atoms with Gasteiger partial charge < -0.3 is 16.2 Å². The van der Waals surface area contributed by atoms with E-state index in [4.69, 9.17) is 10.8 Å². The zero-order chi connectivity index (χ0) is 14.1. The highest BCUT2D eigenvalue weighted by molar-refractivity contribution is 5.80. The fraction of sp³-hybridized carbons (Fsp3) is 0.562. The van der Waals surface area contributed by atoms with Gasteiger partial charge in [0.2, 0.25) is 5.91 Å². The number of benzene rings is 1. The third kappa shape index (κ3) is 2.45. The van der Waals surface area contributed by atoms with Crippen LogP contribution in [0, 0.1) is 17.8 Å². The zero-order valence-electron chi connectivity index (χ0n) is 11.6. The van der Waals surface area contributed by atoms with Gasteiger partial charge >= 0.3 is 0 Å². The van der Waals surface area contributed by atoms with E-state index >= 15 is 0 Å². The highest BCUT2D eigenvalue weighted by Crippen LogP contribution is 2.47. The lowest BCUT2D eigenvalue weighted by molar-refractivity contribution is -0.127. The molecule has 4 nitrogen and oxygen atoms in total. The van der Waals surface area contributed by atoms with Gasteiger partial charge in [-0.05, 0) is 42.2 Å². The van der Waals surface area contributed by atoms with Crippen LogP contribution in [-0.2, 0) is 17.9 Å². The first-order chi connectivity index (χ1) is 9.69. The van der Waals surface area contributed by atoms with E-state index in [0.29, 0.717) is 18.4 Å². The van der Waals surface area contributed by atoms with Gasteiger partial charge in [0.25, 0.3) is 0 Å². The Labute approximate surface area is 119 Å². The summed E-state index contributed by atoms with van der Waals surface area (Å²) in [5.74, 6) is 1.13. The zero-order valence-corrected chi connectivity index (χ0v) is 11.6. The van der Waals surface area contributed by atoms with E-state index < -0.39 is 0 Å². The lowest BCUT2D eigenvalue weighted by atomic mass is 9.84. The van der Waals surface area contributed by atoms with E-state index in [1.807, 2.05) is 24.3 Å². The number of hydrogen-bond acceptors (Lipinski definition) is 3. The Balaban J connectivity index is 1.59. The van der Waals surface area contributed by atoms with Gasteiger partial charge in [0.1, 0.15) is 0 Å². The summed E-state index contributed by atoms with van der Waals surface area (Å²) in [4.78, 5) is 12.3. The maximum Gasteiger partial charge on any atom is 0.225 e. The van der Waals surface area contributed by atoms with Gasteiger partial charge in [-0.2, -0.15) is 0 Å². The van der Waals surface area contributed by atoms with E-state index in [-0.39, 0.29) is 24.5 Å². The highest BCUT2D eigenvalue weighted by atomic mass is 16.3. The van der Waals surface area contributed by atoms with Gasteiger partial charge in [0, 0.05) is 12.6 Å². The van der Waals surface area contributed by atoms with Gasteiger partial charge in [0.15, 0.2) is 0 Å². The molecule has 20 heavy (non-hydrogen) atoms. The van der Waals surface area contributed by atoms with Gasteiger partial charge in [-0.3, -0.25) is 4.79 Å². The molecule has 4 atom stereocenters. The largest absolute Gasteiger partial charge is 0.392 e. The predicted molar refractivity (Wildman–Crippen MR) is 76.5 cm³/mol. The van der Waals surface area contributed by atoms with Crippen molar-refractivity contribution >= 4 is 5.91 Å². The molecule has 4 heteroatoms. The number of hydrogen-bond donors (Lipinski definition) is 3. The molecule has 0 saturated heterocycles. The Morgan fingerprint density at radius 2 is 2.05 bits per heavy atom. The second kappa shape index (κ2) is 5.54. The molecule has 2 aliphatic rings. The summed E-state index contributed by atoms with van der Waals surface area (Å²) in [7, 11) is 0. The molecule has 1 amide bonds. The number of aliphatic hydroxyl groups is 1. The second-order valence-corrected chi connectivity index (χ2v) is 6.13. The molecule has 4 unspecified atom stereocenters. The maximum atomic E-state index is 12.3. The molecule has 0 heterocycles. The van der Waals surface area contributed by atoms with Crippen molar-refractivity contribution in [2.45, 2.75) is 38.5 Å². The molecule has 2 fully saturated rings. The monoisotopic (exact) mass is 274 g/mol. The predicted octanol–water partition coefficient (Wildman–Crippen LogP) is 1.17. The smallest absolute Gasteiger partial charge is 0.225 e. The van der Waals surface area contributed by atoms with Crippen LogP contribution in [0.3, 0.4) is 0 Å². The molecule has 0 spiro atoms. The van der Waals surface area contributed by atoms with Crippen molar-refractivity contribution in [3.05, 3.63) is 35.4 Å². The minimum Gasteiger partial charge on any atom is -0.392 e. The third-order valence-corrected chi connectivity index (χ3v) is 4.92. The van der Waals surface area contributed by atoms with E-state index in [0.717, 1.165) is 24.0 Å². The van der Waals surface area contributed by atoms with Crippen LogP contribution in [0.15, 0.2) is 24.3 Å². The van der Waals surface area contributed by atoms with E-state index in [1.54, 1.807) is 0 Å². The van der Waals surface area contributed by atoms with Crippen LogP contribution >= 0.6 is 0 Å². The molecule has 0 radical (unpaired) electrons. The molecule has 1 aromatic rings. The molecule has 0 aliphatic heterocycles. The van der Waals surface area contributed by atoms with Crippen LogP contribution in [0.5, 0.6) is 0 Å². The first-order valence-corrected chi connectivity index (χ1v) is 7.41. The van der Waals surface area contributed by atoms with Crippen molar-refractivity contribution in [2.75, 3.05) is 0 Å². The van der Waals surface area contributed by atoms with Gasteiger partial charge in [0.05, 0.1) is 12.5 Å². The average molecular weight is 274 g/mol. The Morgan fingerprint density at radius 1 is 1.30 bits per heavy atom. The van der Waals surface area contributed by atoms with Crippen molar-refractivity contribution in [1.29, 1.82) is 0 Å². The number of rotatable bonds is 4. The molecule has 3 rings (SSSR count). The summed E-state index contributed by atoms with van der Waals surface area (Å²) in [5, 5.41) is 12.1. The topological polar surface area (TPSA) is 75.4 Å². The summed E-state index contributed by atoms with van der Waals surface area (Å²) in [5.41, 5.74) is 8.07. The van der Waals surface area contributed by atoms with Crippen LogP contribution in [-0.4, -0.2) is 17.1 Å². The maximum absolute atomic E-state index is 12.3. The van der Waals surface area contributed by atoms with E-state index in [9.17, 15) is 4.79 Å². The first kappa shape index (κ1) is 13.6.